The predicted molar refractivity (Wildman–Crippen MR) is 109 cm³/mol. The van der Waals surface area contributed by atoms with Gasteiger partial charge in [-0.15, -0.1) is 0 Å². The first-order chi connectivity index (χ1) is 15.3. The first-order valence-corrected chi connectivity index (χ1v) is 10.2. The molecule has 0 aromatic heterocycles. The van der Waals surface area contributed by atoms with E-state index < -0.39 is 40.8 Å². The first kappa shape index (κ1) is 22.0. The third-order valence-electron chi connectivity index (χ3n) is 5.80. The molecule has 3 aromatic rings. The molecular formula is C26H18F6. The van der Waals surface area contributed by atoms with Crippen molar-refractivity contribution in [3.63, 3.8) is 0 Å². The van der Waals surface area contributed by atoms with Crippen LogP contribution in [0.4, 0.5) is 26.3 Å². The zero-order valence-corrected chi connectivity index (χ0v) is 17.1. The van der Waals surface area contributed by atoms with Gasteiger partial charge < -0.3 is 0 Å². The second-order valence-electron chi connectivity index (χ2n) is 7.87. The quantitative estimate of drug-likeness (QED) is 0.233. The van der Waals surface area contributed by atoms with Crippen LogP contribution in [0, 0.1) is 46.7 Å². The van der Waals surface area contributed by atoms with Crippen molar-refractivity contribution >= 4 is 0 Å². The lowest BCUT2D eigenvalue weighted by Gasteiger charge is -2.26. The maximum Gasteiger partial charge on any atom is 0.194 e. The summed E-state index contributed by atoms with van der Waals surface area (Å²) in [6, 6.07) is 6.98. The Morgan fingerprint density at radius 1 is 0.750 bits per heavy atom. The molecule has 0 bridgehead atoms. The molecule has 0 saturated heterocycles. The van der Waals surface area contributed by atoms with E-state index in [1.807, 2.05) is 6.92 Å². The highest BCUT2D eigenvalue weighted by Gasteiger charge is 2.26. The Bertz CT molecular complexity index is 1220. The van der Waals surface area contributed by atoms with Crippen molar-refractivity contribution in [3.8, 4) is 11.8 Å². The van der Waals surface area contributed by atoms with Gasteiger partial charge in [-0.2, -0.15) is 0 Å². The summed E-state index contributed by atoms with van der Waals surface area (Å²) in [5.74, 6) is -1.61. The highest BCUT2D eigenvalue weighted by molar-refractivity contribution is 5.48. The number of fused-ring (bicyclic) bond motifs is 1. The Morgan fingerprint density at radius 2 is 1.41 bits per heavy atom. The molecule has 1 unspecified atom stereocenters. The Morgan fingerprint density at radius 3 is 2.03 bits per heavy atom. The van der Waals surface area contributed by atoms with E-state index in [2.05, 4.69) is 11.8 Å². The molecule has 164 valence electrons. The van der Waals surface area contributed by atoms with Gasteiger partial charge in [-0.3, -0.25) is 0 Å². The molecule has 0 nitrogen and oxygen atoms in total. The molecule has 0 amide bonds. The summed E-state index contributed by atoms with van der Waals surface area (Å²) in [6.07, 6.45) is 1.77. The molecule has 4 rings (SSSR count). The van der Waals surface area contributed by atoms with E-state index in [1.54, 1.807) is 0 Å². The molecule has 32 heavy (non-hydrogen) atoms. The zero-order chi connectivity index (χ0) is 23.0. The number of halogens is 6. The van der Waals surface area contributed by atoms with Crippen molar-refractivity contribution in [2.24, 2.45) is 0 Å². The minimum atomic E-state index is -1.60. The molecule has 0 radical (unpaired) electrons. The van der Waals surface area contributed by atoms with Gasteiger partial charge in [0.05, 0.1) is 5.56 Å². The Labute approximate surface area is 181 Å². The van der Waals surface area contributed by atoms with Crippen LogP contribution in [0.3, 0.4) is 0 Å². The standard InChI is InChI=1S/C26H18F6/c1-2-14-7-21(28)25(22(29)8-14)18-6-5-16-11-17(20(27)13-19(16)12-18)4-3-15-9-23(30)26(32)24(31)10-15/h7-11,13,18H,2,5-6,12H2,1H3. The van der Waals surface area contributed by atoms with Crippen LogP contribution in [-0.4, -0.2) is 0 Å². The second-order valence-corrected chi connectivity index (χ2v) is 7.87. The van der Waals surface area contributed by atoms with Gasteiger partial charge in [0.2, 0.25) is 0 Å². The van der Waals surface area contributed by atoms with Crippen LogP contribution < -0.4 is 0 Å². The molecule has 6 heteroatoms. The van der Waals surface area contributed by atoms with Gasteiger partial charge >= 0.3 is 0 Å². The smallest absolute Gasteiger partial charge is 0.194 e. The molecule has 0 spiro atoms. The van der Waals surface area contributed by atoms with Gasteiger partial charge in [-0.25, -0.2) is 26.3 Å². The van der Waals surface area contributed by atoms with Crippen molar-refractivity contribution in [3.05, 3.63) is 105 Å². The van der Waals surface area contributed by atoms with Crippen molar-refractivity contribution in [1.82, 2.24) is 0 Å². The summed E-state index contributed by atoms with van der Waals surface area (Å²) in [6.45, 7) is 1.82. The van der Waals surface area contributed by atoms with Gasteiger partial charge in [-0.05, 0) is 84.7 Å². The third kappa shape index (κ3) is 4.25. The van der Waals surface area contributed by atoms with Gasteiger partial charge in [0.1, 0.15) is 17.5 Å². The van der Waals surface area contributed by atoms with Crippen LogP contribution in [0.1, 0.15) is 52.6 Å². The van der Waals surface area contributed by atoms with Crippen LogP contribution in [0.5, 0.6) is 0 Å². The highest BCUT2D eigenvalue weighted by atomic mass is 19.2. The highest BCUT2D eigenvalue weighted by Crippen LogP contribution is 2.36. The molecule has 0 fully saturated rings. The van der Waals surface area contributed by atoms with Gasteiger partial charge in [0.15, 0.2) is 17.5 Å². The summed E-state index contributed by atoms with van der Waals surface area (Å²) in [7, 11) is 0. The summed E-state index contributed by atoms with van der Waals surface area (Å²) in [4.78, 5) is 0. The van der Waals surface area contributed by atoms with E-state index in [0.717, 1.165) is 17.7 Å². The Kier molecular flexibility index (Phi) is 6.01. The lowest BCUT2D eigenvalue weighted by molar-refractivity contribution is 0.446. The largest absolute Gasteiger partial charge is 0.207 e. The van der Waals surface area contributed by atoms with Crippen molar-refractivity contribution < 1.29 is 26.3 Å². The maximum absolute atomic E-state index is 14.6. The summed E-state index contributed by atoms with van der Waals surface area (Å²) >= 11 is 0. The van der Waals surface area contributed by atoms with Gasteiger partial charge in [0.25, 0.3) is 0 Å². The van der Waals surface area contributed by atoms with Crippen LogP contribution >= 0.6 is 0 Å². The average molecular weight is 444 g/mol. The minimum Gasteiger partial charge on any atom is -0.207 e. The molecule has 0 saturated carbocycles. The van der Waals surface area contributed by atoms with Crippen LogP contribution in [0.25, 0.3) is 0 Å². The van der Waals surface area contributed by atoms with Gasteiger partial charge in [0, 0.05) is 11.1 Å². The van der Waals surface area contributed by atoms with Crippen molar-refractivity contribution in [2.75, 3.05) is 0 Å². The number of rotatable bonds is 2. The number of hydrogen-bond acceptors (Lipinski definition) is 0. The molecule has 1 aliphatic rings. The lowest BCUT2D eigenvalue weighted by atomic mass is 9.79. The zero-order valence-electron chi connectivity index (χ0n) is 17.1. The van der Waals surface area contributed by atoms with E-state index >= 15 is 0 Å². The van der Waals surface area contributed by atoms with E-state index in [4.69, 9.17) is 0 Å². The molecule has 1 aliphatic carbocycles. The molecule has 0 aliphatic heterocycles. The maximum atomic E-state index is 14.6. The molecule has 0 heterocycles. The minimum absolute atomic E-state index is 0.0250. The first-order valence-electron chi connectivity index (χ1n) is 10.2. The summed E-state index contributed by atoms with van der Waals surface area (Å²) in [5.41, 5.74) is 1.95. The number of hydrogen-bond donors (Lipinski definition) is 0. The number of aryl methyl sites for hydroxylation is 2. The van der Waals surface area contributed by atoms with Crippen molar-refractivity contribution in [2.45, 2.75) is 38.5 Å². The molecule has 3 aromatic carbocycles. The fraction of sp³-hybridized carbons (Fsp3) is 0.231. The topological polar surface area (TPSA) is 0 Å². The Balaban J connectivity index is 1.62. The number of benzene rings is 3. The predicted octanol–water partition coefficient (Wildman–Crippen LogP) is 6.76. The molecule has 1 atom stereocenters. The fourth-order valence-corrected chi connectivity index (χ4v) is 4.12. The monoisotopic (exact) mass is 444 g/mol. The van der Waals surface area contributed by atoms with Crippen LogP contribution in [0.15, 0.2) is 36.4 Å². The second kappa shape index (κ2) is 8.74. The summed E-state index contributed by atoms with van der Waals surface area (Å²) in [5, 5.41) is 0. The van der Waals surface area contributed by atoms with Crippen LogP contribution in [0.2, 0.25) is 0 Å². The average Bonchev–Trinajstić information content (AvgIpc) is 2.75. The van der Waals surface area contributed by atoms with E-state index in [0.29, 0.717) is 30.4 Å². The van der Waals surface area contributed by atoms with E-state index in [-0.39, 0.29) is 23.1 Å². The lowest BCUT2D eigenvalue weighted by Crippen LogP contribution is -2.16. The van der Waals surface area contributed by atoms with E-state index in [1.165, 1.54) is 24.3 Å². The molecule has 0 N–H and O–H groups in total. The Hall–Kier alpha value is -3.20. The fourth-order valence-electron chi connectivity index (χ4n) is 4.12. The van der Waals surface area contributed by atoms with Gasteiger partial charge in [-0.1, -0.05) is 18.8 Å². The summed E-state index contributed by atoms with van der Waals surface area (Å²) < 4.78 is 83.4. The normalized spacial score (nSPS) is 15.2. The van der Waals surface area contributed by atoms with Crippen LogP contribution in [-0.2, 0) is 19.3 Å². The molecular weight excluding hydrogens is 426 g/mol. The van der Waals surface area contributed by atoms with E-state index in [9.17, 15) is 26.3 Å². The van der Waals surface area contributed by atoms with Crippen molar-refractivity contribution in [1.29, 1.82) is 0 Å². The third-order valence-corrected chi connectivity index (χ3v) is 5.80. The SMILES string of the molecule is CCc1cc(F)c(C2CCc3cc(C#Cc4cc(F)c(F)c(F)c4)c(F)cc3C2)c(F)c1.